The third kappa shape index (κ3) is 9.44. The molecule has 0 amide bonds. The van der Waals surface area contributed by atoms with Gasteiger partial charge in [-0.05, 0) is 62.8 Å². The number of Topliss-reactive ketones (excluding diaryl/α,β-unsaturated/α-hetero) is 2. The second kappa shape index (κ2) is 9.75. The van der Waals surface area contributed by atoms with Crippen LogP contribution in [-0.4, -0.2) is 35.2 Å². The summed E-state index contributed by atoms with van der Waals surface area (Å²) < 4.78 is 0. The molecule has 0 aromatic carbocycles. The molecule has 1 N–H and O–H groups in total. The van der Waals surface area contributed by atoms with E-state index in [4.69, 9.17) is 0 Å². The first-order valence-corrected chi connectivity index (χ1v) is 6.89. The smallest absolute Gasteiger partial charge is 0.158 e. The Morgan fingerprint density at radius 2 is 1.86 bits per heavy atom. The van der Waals surface area contributed by atoms with Gasteiger partial charge in [-0.25, -0.2) is 0 Å². The van der Waals surface area contributed by atoms with E-state index in [1.807, 2.05) is 11.9 Å². The monoisotopic (exact) mass is 291 g/mol. The Kier molecular flexibility index (Phi) is 8.77. The number of allylic oxidation sites excluding steroid dienone is 5. The molecule has 0 heterocycles. The molecule has 0 saturated carbocycles. The van der Waals surface area contributed by atoms with Crippen LogP contribution >= 0.6 is 0 Å². The van der Waals surface area contributed by atoms with Crippen molar-refractivity contribution in [3.05, 3.63) is 47.9 Å². The van der Waals surface area contributed by atoms with Gasteiger partial charge in [-0.2, -0.15) is 0 Å². The van der Waals surface area contributed by atoms with Crippen molar-refractivity contribution in [1.29, 1.82) is 0 Å². The molecule has 0 bridgehead atoms. The van der Waals surface area contributed by atoms with Crippen LogP contribution in [0.25, 0.3) is 0 Å². The van der Waals surface area contributed by atoms with Crippen molar-refractivity contribution in [3.63, 3.8) is 0 Å². The Bertz CT molecular complexity index is 484. The molecule has 0 unspecified atom stereocenters. The van der Waals surface area contributed by atoms with E-state index in [1.54, 1.807) is 26.1 Å². The van der Waals surface area contributed by atoms with Gasteiger partial charge in [0.15, 0.2) is 11.6 Å². The molecule has 0 aliphatic carbocycles. The van der Waals surface area contributed by atoms with Crippen LogP contribution in [0.1, 0.15) is 33.6 Å². The SMILES string of the molecule is C=C(C)C(=O)CCCN(C)/C=C/C=C(O)/C=C(/C)C(C)=O. The Morgan fingerprint density at radius 1 is 1.24 bits per heavy atom. The number of rotatable bonds is 9. The number of ketones is 2. The highest BCUT2D eigenvalue weighted by Crippen LogP contribution is 2.02. The molecule has 0 atom stereocenters. The van der Waals surface area contributed by atoms with Crippen molar-refractivity contribution < 1.29 is 14.7 Å². The summed E-state index contributed by atoms with van der Waals surface area (Å²) in [6.45, 7) is 9.18. The van der Waals surface area contributed by atoms with Crippen molar-refractivity contribution in [1.82, 2.24) is 4.90 Å². The number of carbonyl (C=O) groups is 2. The maximum Gasteiger partial charge on any atom is 0.158 e. The number of carbonyl (C=O) groups excluding carboxylic acids is 2. The van der Waals surface area contributed by atoms with Gasteiger partial charge in [0.25, 0.3) is 0 Å². The van der Waals surface area contributed by atoms with Crippen LogP contribution < -0.4 is 0 Å². The molecule has 0 spiro atoms. The summed E-state index contributed by atoms with van der Waals surface area (Å²) in [4.78, 5) is 24.3. The van der Waals surface area contributed by atoms with Crippen molar-refractivity contribution in [2.45, 2.75) is 33.6 Å². The molecule has 0 fully saturated rings. The molecule has 21 heavy (non-hydrogen) atoms. The molecule has 116 valence electrons. The molecule has 0 saturated heterocycles. The minimum atomic E-state index is -0.0711. The van der Waals surface area contributed by atoms with Gasteiger partial charge < -0.3 is 10.0 Å². The van der Waals surface area contributed by atoms with Crippen LogP contribution in [0.15, 0.2) is 47.9 Å². The molecule has 0 aromatic heterocycles. The molecular formula is C17H25NO3. The second-order valence-corrected chi connectivity index (χ2v) is 5.10. The molecule has 0 aromatic rings. The van der Waals surface area contributed by atoms with E-state index >= 15 is 0 Å². The second-order valence-electron chi connectivity index (χ2n) is 5.10. The van der Waals surface area contributed by atoms with Crippen LogP contribution in [0.2, 0.25) is 0 Å². The van der Waals surface area contributed by atoms with Gasteiger partial charge in [0, 0.05) is 20.0 Å². The lowest BCUT2D eigenvalue weighted by molar-refractivity contribution is -0.115. The predicted molar refractivity (Wildman–Crippen MR) is 86.0 cm³/mol. The maximum absolute atomic E-state index is 11.4. The van der Waals surface area contributed by atoms with Crippen LogP contribution in [-0.2, 0) is 9.59 Å². The summed E-state index contributed by atoms with van der Waals surface area (Å²) in [5.41, 5.74) is 1.09. The highest BCUT2D eigenvalue weighted by atomic mass is 16.3. The summed E-state index contributed by atoms with van der Waals surface area (Å²) in [7, 11) is 1.89. The number of aliphatic hydroxyl groups is 1. The van der Waals surface area contributed by atoms with Gasteiger partial charge in [0.2, 0.25) is 0 Å². The minimum Gasteiger partial charge on any atom is -0.508 e. The Balaban J connectivity index is 4.24. The Hall–Kier alpha value is -2.10. The van der Waals surface area contributed by atoms with Gasteiger partial charge in [-0.1, -0.05) is 6.58 Å². The van der Waals surface area contributed by atoms with E-state index in [-0.39, 0.29) is 17.3 Å². The van der Waals surface area contributed by atoms with Crippen molar-refractivity contribution in [2.75, 3.05) is 13.6 Å². The first-order chi connectivity index (χ1) is 9.73. The standard InChI is InChI=1S/C17H25NO3/c1-13(2)17(21)9-7-11-18(5)10-6-8-16(20)12-14(3)15(4)19/h6,8,10,12,20H,1,7,9,11H2,2-5H3/b10-6+,14-12-,16-8-. The third-order valence-electron chi connectivity index (χ3n) is 2.92. The normalized spacial score (nSPS) is 12.6. The number of hydrogen-bond acceptors (Lipinski definition) is 4. The lowest BCUT2D eigenvalue weighted by atomic mass is 10.1. The van der Waals surface area contributed by atoms with E-state index in [0.29, 0.717) is 17.6 Å². The van der Waals surface area contributed by atoms with Gasteiger partial charge in [0.1, 0.15) is 5.76 Å². The van der Waals surface area contributed by atoms with E-state index in [0.717, 1.165) is 13.0 Å². The number of nitrogens with zero attached hydrogens (tertiary/aromatic N) is 1. The zero-order chi connectivity index (χ0) is 16.4. The van der Waals surface area contributed by atoms with Gasteiger partial charge in [0.05, 0.1) is 0 Å². The fraction of sp³-hybridized carbons (Fsp3) is 0.412. The molecule has 0 aliphatic rings. The zero-order valence-electron chi connectivity index (χ0n) is 13.3. The fourth-order valence-electron chi connectivity index (χ4n) is 1.44. The lowest BCUT2D eigenvalue weighted by Crippen LogP contribution is -2.13. The first kappa shape index (κ1) is 18.9. The van der Waals surface area contributed by atoms with E-state index in [1.165, 1.54) is 19.1 Å². The quantitative estimate of drug-likeness (QED) is 0.402. The van der Waals surface area contributed by atoms with Gasteiger partial charge in [-0.15, -0.1) is 0 Å². The topological polar surface area (TPSA) is 57.6 Å². The average molecular weight is 291 g/mol. The Morgan fingerprint density at radius 3 is 2.38 bits per heavy atom. The molecular weight excluding hydrogens is 266 g/mol. The first-order valence-electron chi connectivity index (χ1n) is 6.89. The van der Waals surface area contributed by atoms with Crippen LogP contribution in [0.3, 0.4) is 0 Å². The molecule has 4 heteroatoms. The summed E-state index contributed by atoms with van der Waals surface area (Å²) >= 11 is 0. The Labute approximate surface area is 127 Å². The summed E-state index contributed by atoms with van der Waals surface area (Å²) in [6.07, 6.45) is 7.69. The average Bonchev–Trinajstić information content (AvgIpc) is 2.38. The summed E-state index contributed by atoms with van der Waals surface area (Å²) in [5.74, 6) is 0.0535. The van der Waals surface area contributed by atoms with Crippen molar-refractivity contribution >= 4 is 11.6 Å². The number of aliphatic hydroxyl groups excluding tert-OH is 1. The van der Waals surface area contributed by atoms with Gasteiger partial charge in [-0.3, -0.25) is 9.59 Å². The minimum absolute atomic E-state index is 0.0322. The molecule has 0 radical (unpaired) electrons. The van der Waals surface area contributed by atoms with E-state index in [9.17, 15) is 14.7 Å². The van der Waals surface area contributed by atoms with Crippen molar-refractivity contribution in [2.24, 2.45) is 0 Å². The van der Waals surface area contributed by atoms with Crippen LogP contribution in [0, 0.1) is 0 Å². The highest BCUT2D eigenvalue weighted by molar-refractivity contribution is 5.94. The molecule has 4 nitrogen and oxygen atoms in total. The molecule has 0 rings (SSSR count). The summed E-state index contributed by atoms with van der Waals surface area (Å²) in [6, 6.07) is 0. The van der Waals surface area contributed by atoms with Crippen molar-refractivity contribution in [3.8, 4) is 0 Å². The largest absolute Gasteiger partial charge is 0.508 e. The van der Waals surface area contributed by atoms with Gasteiger partial charge >= 0.3 is 0 Å². The lowest BCUT2D eigenvalue weighted by Gasteiger charge is -2.12. The number of hydrogen-bond donors (Lipinski definition) is 1. The maximum atomic E-state index is 11.4. The van der Waals surface area contributed by atoms with Crippen LogP contribution in [0.4, 0.5) is 0 Å². The fourth-order valence-corrected chi connectivity index (χ4v) is 1.44. The van der Waals surface area contributed by atoms with Crippen LogP contribution in [0.5, 0.6) is 0 Å². The van der Waals surface area contributed by atoms with E-state index < -0.39 is 0 Å². The van der Waals surface area contributed by atoms with E-state index in [2.05, 4.69) is 6.58 Å². The summed E-state index contributed by atoms with van der Waals surface area (Å²) in [5, 5.41) is 9.60. The third-order valence-corrected chi connectivity index (χ3v) is 2.92. The zero-order valence-corrected chi connectivity index (χ0v) is 13.3. The highest BCUT2D eigenvalue weighted by Gasteiger charge is 2.02. The molecule has 0 aliphatic heterocycles. The predicted octanol–water partition coefficient (Wildman–Crippen LogP) is 3.33.